The van der Waals surface area contributed by atoms with E-state index in [1.54, 1.807) is 0 Å². The van der Waals surface area contributed by atoms with Crippen molar-refractivity contribution >= 4 is 5.69 Å². The van der Waals surface area contributed by atoms with Gasteiger partial charge in [-0.15, -0.1) is 5.10 Å². The van der Waals surface area contributed by atoms with Gasteiger partial charge in [-0.3, -0.25) is 4.90 Å². The molecule has 0 saturated carbocycles. The second kappa shape index (κ2) is 8.96. The molecule has 2 aromatic carbocycles. The first-order chi connectivity index (χ1) is 14.5. The van der Waals surface area contributed by atoms with E-state index in [2.05, 4.69) is 95.5 Å². The summed E-state index contributed by atoms with van der Waals surface area (Å²) in [4.78, 5) is 5.07. The first-order valence-electron chi connectivity index (χ1n) is 10.9. The highest BCUT2D eigenvalue weighted by atomic mass is 15.6. The van der Waals surface area contributed by atoms with Crippen LogP contribution in [0.15, 0.2) is 48.5 Å². The number of anilines is 1. The molecule has 158 valence electrons. The molecule has 1 aliphatic rings. The summed E-state index contributed by atoms with van der Waals surface area (Å²) >= 11 is 0. The molecule has 2 heterocycles. The zero-order chi connectivity index (χ0) is 21.1. The summed E-state index contributed by atoms with van der Waals surface area (Å²) in [6.07, 6.45) is 0. The van der Waals surface area contributed by atoms with Gasteiger partial charge < -0.3 is 4.90 Å². The van der Waals surface area contributed by atoms with E-state index in [-0.39, 0.29) is 6.04 Å². The zero-order valence-electron chi connectivity index (χ0n) is 18.5. The molecule has 0 spiro atoms. The molecule has 1 atom stereocenters. The van der Waals surface area contributed by atoms with Crippen LogP contribution in [0.2, 0.25) is 0 Å². The molecular weight excluding hydrogens is 372 g/mol. The van der Waals surface area contributed by atoms with Gasteiger partial charge in [0, 0.05) is 31.9 Å². The predicted octanol–water partition coefficient (Wildman–Crippen LogP) is 3.86. The Morgan fingerprint density at radius 2 is 1.67 bits per heavy atom. The van der Waals surface area contributed by atoms with Gasteiger partial charge in [0.05, 0.1) is 12.6 Å². The molecule has 1 saturated heterocycles. The van der Waals surface area contributed by atoms with Gasteiger partial charge >= 0.3 is 0 Å². The zero-order valence-corrected chi connectivity index (χ0v) is 18.5. The van der Waals surface area contributed by atoms with Gasteiger partial charge in [0.15, 0.2) is 5.82 Å². The van der Waals surface area contributed by atoms with Gasteiger partial charge in [-0.05, 0) is 52.9 Å². The van der Waals surface area contributed by atoms with E-state index in [1.807, 2.05) is 10.7 Å². The molecule has 0 bridgehead atoms. The summed E-state index contributed by atoms with van der Waals surface area (Å²) in [6.45, 7) is 13.7. The van der Waals surface area contributed by atoms with Gasteiger partial charge in [-0.1, -0.05) is 56.3 Å². The Hall–Kier alpha value is -2.73. The van der Waals surface area contributed by atoms with Gasteiger partial charge in [0.1, 0.15) is 0 Å². The number of hydrogen-bond donors (Lipinski definition) is 0. The highest BCUT2D eigenvalue weighted by Gasteiger charge is 2.31. The average Bonchev–Trinajstić information content (AvgIpc) is 3.18. The summed E-state index contributed by atoms with van der Waals surface area (Å²) in [6, 6.07) is 17.4. The minimum atomic E-state index is 0.212. The minimum absolute atomic E-state index is 0.212. The number of piperazine rings is 1. The first kappa shape index (κ1) is 20.5. The van der Waals surface area contributed by atoms with Crippen molar-refractivity contribution in [2.75, 3.05) is 31.1 Å². The van der Waals surface area contributed by atoms with Crippen LogP contribution in [0.1, 0.15) is 42.4 Å². The summed E-state index contributed by atoms with van der Waals surface area (Å²) in [5.74, 6) is 1.40. The molecule has 0 N–H and O–H groups in total. The van der Waals surface area contributed by atoms with Crippen molar-refractivity contribution in [3.05, 3.63) is 71.0 Å². The lowest BCUT2D eigenvalue weighted by atomic mass is 10.00. The molecule has 4 rings (SSSR count). The Labute approximate surface area is 179 Å². The number of tetrazole rings is 1. The van der Waals surface area contributed by atoms with E-state index >= 15 is 0 Å². The minimum Gasteiger partial charge on any atom is -0.369 e. The van der Waals surface area contributed by atoms with E-state index in [1.165, 1.54) is 22.4 Å². The van der Waals surface area contributed by atoms with Crippen molar-refractivity contribution in [3.8, 4) is 0 Å². The Morgan fingerprint density at radius 1 is 0.933 bits per heavy atom. The summed E-state index contributed by atoms with van der Waals surface area (Å²) in [7, 11) is 0. The maximum atomic E-state index is 4.46. The Morgan fingerprint density at radius 3 is 2.37 bits per heavy atom. The smallest absolute Gasteiger partial charge is 0.169 e. The van der Waals surface area contributed by atoms with Crippen LogP contribution in [0.5, 0.6) is 0 Å². The molecule has 0 radical (unpaired) electrons. The van der Waals surface area contributed by atoms with Crippen LogP contribution in [0.3, 0.4) is 0 Å². The van der Waals surface area contributed by atoms with E-state index < -0.39 is 0 Å². The molecule has 3 aromatic rings. The van der Waals surface area contributed by atoms with E-state index in [0.717, 1.165) is 32.0 Å². The normalized spacial score (nSPS) is 16.2. The van der Waals surface area contributed by atoms with Crippen LogP contribution in [0.4, 0.5) is 5.69 Å². The number of aromatic nitrogens is 4. The molecule has 0 unspecified atom stereocenters. The molecule has 30 heavy (non-hydrogen) atoms. The monoisotopic (exact) mass is 404 g/mol. The molecule has 0 aliphatic carbocycles. The summed E-state index contributed by atoms with van der Waals surface area (Å²) < 4.78 is 1.97. The maximum absolute atomic E-state index is 4.46. The van der Waals surface area contributed by atoms with Crippen LogP contribution < -0.4 is 4.90 Å². The SMILES string of the molecule is Cc1ccc(C)c(N2CCN([C@H](c3nnnn3Cc3ccccc3)C(C)C)CC2)c1. The fourth-order valence-electron chi connectivity index (χ4n) is 4.48. The molecule has 1 aliphatic heterocycles. The van der Waals surface area contributed by atoms with Crippen LogP contribution in [-0.2, 0) is 6.54 Å². The Bertz CT molecular complexity index is 957. The van der Waals surface area contributed by atoms with Crippen molar-refractivity contribution in [1.29, 1.82) is 0 Å². The molecule has 0 amide bonds. The highest BCUT2D eigenvalue weighted by molar-refractivity contribution is 5.55. The lowest BCUT2D eigenvalue weighted by Crippen LogP contribution is -2.49. The topological polar surface area (TPSA) is 50.1 Å². The van der Waals surface area contributed by atoms with Crippen molar-refractivity contribution in [3.63, 3.8) is 0 Å². The van der Waals surface area contributed by atoms with Crippen molar-refractivity contribution < 1.29 is 0 Å². The van der Waals surface area contributed by atoms with Crippen molar-refractivity contribution in [2.24, 2.45) is 5.92 Å². The van der Waals surface area contributed by atoms with Crippen molar-refractivity contribution in [1.82, 2.24) is 25.1 Å². The van der Waals surface area contributed by atoms with Crippen LogP contribution in [-0.4, -0.2) is 51.3 Å². The third kappa shape index (κ3) is 4.38. The third-order valence-corrected chi connectivity index (χ3v) is 6.04. The predicted molar refractivity (Wildman–Crippen MR) is 121 cm³/mol. The van der Waals surface area contributed by atoms with Gasteiger partial charge in [0.25, 0.3) is 0 Å². The molecule has 6 nitrogen and oxygen atoms in total. The van der Waals surface area contributed by atoms with E-state index in [0.29, 0.717) is 12.5 Å². The molecule has 6 heteroatoms. The lowest BCUT2D eigenvalue weighted by Gasteiger charge is -2.41. The number of aryl methyl sites for hydroxylation is 2. The fourth-order valence-corrected chi connectivity index (χ4v) is 4.48. The second-order valence-corrected chi connectivity index (χ2v) is 8.68. The van der Waals surface area contributed by atoms with Crippen LogP contribution in [0.25, 0.3) is 0 Å². The number of benzene rings is 2. The Balaban J connectivity index is 1.50. The van der Waals surface area contributed by atoms with Crippen LogP contribution in [0, 0.1) is 19.8 Å². The molecule has 1 aromatic heterocycles. The summed E-state index contributed by atoms with van der Waals surface area (Å²) in [5, 5.41) is 12.8. The summed E-state index contributed by atoms with van der Waals surface area (Å²) in [5.41, 5.74) is 5.25. The van der Waals surface area contributed by atoms with E-state index in [4.69, 9.17) is 0 Å². The Kier molecular flexibility index (Phi) is 6.13. The van der Waals surface area contributed by atoms with Gasteiger partial charge in [0.2, 0.25) is 0 Å². The van der Waals surface area contributed by atoms with Crippen molar-refractivity contribution in [2.45, 2.75) is 40.3 Å². The van der Waals surface area contributed by atoms with Gasteiger partial charge in [-0.2, -0.15) is 0 Å². The largest absolute Gasteiger partial charge is 0.369 e. The van der Waals surface area contributed by atoms with Gasteiger partial charge in [-0.25, -0.2) is 4.68 Å². The lowest BCUT2D eigenvalue weighted by molar-refractivity contribution is 0.135. The quantitative estimate of drug-likeness (QED) is 0.624. The average molecular weight is 405 g/mol. The fraction of sp³-hybridized carbons (Fsp3) is 0.458. The van der Waals surface area contributed by atoms with E-state index in [9.17, 15) is 0 Å². The standard InChI is InChI=1S/C24H32N6/c1-18(2)23(24-25-26-27-30(24)17-21-8-6-5-7-9-21)29-14-12-28(13-15-29)22-16-19(3)10-11-20(22)4/h5-11,16,18,23H,12-15,17H2,1-4H3/t23-/m0/s1. The molecule has 1 fully saturated rings. The molecular formula is C24H32N6. The first-order valence-corrected chi connectivity index (χ1v) is 10.9. The second-order valence-electron chi connectivity index (χ2n) is 8.68. The highest BCUT2D eigenvalue weighted by Crippen LogP contribution is 2.30. The van der Waals surface area contributed by atoms with Crippen LogP contribution >= 0.6 is 0 Å². The maximum Gasteiger partial charge on any atom is 0.169 e. The number of hydrogen-bond acceptors (Lipinski definition) is 5. The number of rotatable bonds is 6. The number of nitrogens with zero attached hydrogens (tertiary/aromatic N) is 6. The third-order valence-electron chi connectivity index (χ3n) is 6.04.